The van der Waals surface area contributed by atoms with Crippen LogP contribution in [0.5, 0.6) is 5.75 Å². The monoisotopic (exact) mass is 461 g/mol. The summed E-state index contributed by atoms with van der Waals surface area (Å²) < 4.78 is 39.6. The molecule has 9 heteroatoms. The first-order valence-corrected chi connectivity index (χ1v) is 12.2. The van der Waals surface area contributed by atoms with Crippen molar-refractivity contribution in [2.45, 2.75) is 24.3 Å². The number of amides is 1. The van der Waals surface area contributed by atoms with Crippen molar-refractivity contribution in [3.63, 3.8) is 0 Å². The van der Waals surface area contributed by atoms with Crippen LogP contribution in [0.25, 0.3) is 0 Å². The van der Waals surface area contributed by atoms with E-state index < -0.39 is 16.1 Å². The largest absolute Gasteiger partial charge is 0.495 e. The summed E-state index contributed by atoms with van der Waals surface area (Å²) in [7, 11) is -2.58. The van der Waals surface area contributed by atoms with Gasteiger partial charge in [0.15, 0.2) is 0 Å². The van der Waals surface area contributed by atoms with Gasteiger partial charge in [0.2, 0.25) is 15.9 Å². The molecule has 2 N–H and O–H groups in total. The number of benzene rings is 2. The normalized spacial score (nSPS) is 15.8. The molecule has 1 amide bonds. The van der Waals surface area contributed by atoms with E-state index in [0.29, 0.717) is 26.3 Å². The predicted molar refractivity (Wildman–Crippen MR) is 122 cm³/mol. The number of hydrogen-bond acceptors (Lipinski definition) is 6. The highest BCUT2D eigenvalue weighted by Crippen LogP contribution is 2.25. The summed E-state index contributed by atoms with van der Waals surface area (Å²) in [6.07, 6.45) is 0.234. The fraction of sp³-hybridized carbons (Fsp3) is 0.435. The zero-order valence-electron chi connectivity index (χ0n) is 18.5. The van der Waals surface area contributed by atoms with Gasteiger partial charge in [-0.05, 0) is 36.6 Å². The molecule has 0 aliphatic carbocycles. The van der Waals surface area contributed by atoms with E-state index in [1.54, 1.807) is 19.1 Å². The number of rotatable bonds is 10. The van der Waals surface area contributed by atoms with Crippen LogP contribution in [0.3, 0.4) is 0 Å². The number of aryl methyl sites for hydroxylation is 1. The van der Waals surface area contributed by atoms with Gasteiger partial charge < -0.3 is 14.8 Å². The summed E-state index contributed by atoms with van der Waals surface area (Å²) in [5.41, 5.74) is 1.64. The van der Waals surface area contributed by atoms with Crippen molar-refractivity contribution in [2.75, 3.05) is 46.5 Å². The highest BCUT2D eigenvalue weighted by atomic mass is 32.2. The van der Waals surface area contributed by atoms with Crippen LogP contribution in [-0.4, -0.2) is 71.8 Å². The molecule has 1 heterocycles. The number of ether oxygens (including phenoxy) is 2. The summed E-state index contributed by atoms with van der Waals surface area (Å²) in [5.74, 6) is -0.133. The number of hydrogen-bond donors (Lipinski definition) is 2. The van der Waals surface area contributed by atoms with Crippen LogP contribution in [0, 0.1) is 6.92 Å². The van der Waals surface area contributed by atoms with Gasteiger partial charge in [0.1, 0.15) is 16.7 Å². The molecule has 1 fully saturated rings. The number of carbonyl (C=O) groups excluding carboxylic acids is 1. The number of carbonyl (C=O) groups is 1. The van der Waals surface area contributed by atoms with Gasteiger partial charge in [-0.1, -0.05) is 36.4 Å². The Morgan fingerprint density at radius 1 is 1.16 bits per heavy atom. The molecule has 32 heavy (non-hydrogen) atoms. The van der Waals surface area contributed by atoms with E-state index in [2.05, 4.69) is 14.9 Å². The minimum absolute atomic E-state index is 0.0131. The summed E-state index contributed by atoms with van der Waals surface area (Å²) in [6, 6.07) is 13.3. The van der Waals surface area contributed by atoms with Crippen molar-refractivity contribution in [2.24, 2.45) is 0 Å². The molecule has 174 valence electrons. The Morgan fingerprint density at radius 2 is 1.88 bits per heavy atom. The van der Waals surface area contributed by atoms with Gasteiger partial charge in [0.05, 0.1) is 20.3 Å². The van der Waals surface area contributed by atoms with E-state index in [9.17, 15) is 13.2 Å². The molecule has 8 nitrogen and oxygen atoms in total. The molecule has 1 unspecified atom stereocenters. The Balaban J connectivity index is 1.74. The Kier molecular flexibility index (Phi) is 8.63. The van der Waals surface area contributed by atoms with Gasteiger partial charge in [-0.3, -0.25) is 9.69 Å². The van der Waals surface area contributed by atoms with Gasteiger partial charge in [-0.15, -0.1) is 0 Å². The molecule has 1 atom stereocenters. The van der Waals surface area contributed by atoms with E-state index in [4.69, 9.17) is 9.47 Å². The molecule has 1 aliphatic rings. The van der Waals surface area contributed by atoms with Gasteiger partial charge in [0.25, 0.3) is 0 Å². The fourth-order valence-corrected chi connectivity index (χ4v) is 5.02. The van der Waals surface area contributed by atoms with Crippen LogP contribution in [0.1, 0.15) is 11.1 Å². The van der Waals surface area contributed by atoms with Crippen LogP contribution in [0.2, 0.25) is 0 Å². The molecule has 1 saturated heterocycles. The lowest BCUT2D eigenvalue weighted by Gasteiger charge is -2.27. The maximum atomic E-state index is 13.2. The molecular formula is C23H31N3O5S. The molecular weight excluding hydrogens is 430 g/mol. The fourth-order valence-electron chi connectivity index (χ4n) is 3.57. The minimum atomic E-state index is -4.00. The van der Waals surface area contributed by atoms with Crippen molar-refractivity contribution in [3.8, 4) is 5.75 Å². The molecule has 0 radical (unpaired) electrons. The third-order valence-electron chi connectivity index (χ3n) is 5.34. The van der Waals surface area contributed by atoms with Gasteiger partial charge in [-0.2, -0.15) is 4.72 Å². The summed E-state index contributed by atoms with van der Waals surface area (Å²) in [5, 5.41) is 2.88. The van der Waals surface area contributed by atoms with Crippen molar-refractivity contribution >= 4 is 15.9 Å². The van der Waals surface area contributed by atoms with Gasteiger partial charge in [0, 0.05) is 26.2 Å². The Labute approximate surface area is 190 Å². The zero-order chi connectivity index (χ0) is 23.0. The first-order chi connectivity index (χ1) is 15.4. The first-order valence-electron chi connectivity index (χ1n) is 10.7. The average molecular weight is 462 g/mol. The molecule has 0 bridgehead atoms. The van der Waals surface area contributed by atoms with Crippen LogP contribution >= 0.6 is 0 Å². The maximum Gasteiger partial charge on any atom is 0.244 e. The van der Waals surface area contributed by atoms with Crippen molar-refractivity contribution in [1.82, 2.24) is 14.9 Å². The Bertz CT molecular complexity index is 992. The van der Waals surface area contributed by atoms with Crippen molar-refractivity contribution in [1.29, 1.82) is 0 Å². The third-order valence-corrected chi connectivity index (χ3v) is 6.83. The van der Waals surface area contributed by atoms with E-state index in [-0.39, 0.29) is 23.0 Å². The van der Waals surface area contributed by atoms with Crippen molar-refractivity contribution in [3.05, 3.63) is 59.7 Å². The molecule has 2 aromatic rings. The lowest BCUT2D eigenvalue weighted by molar-refractivity contribution is -0.122. The molecule has 2 aromatic carbocycles. The number of nitrogens with zero attached hydrogens (tertiary/aromatic N) is 1. The van der Waals surface area contributed by atoms with Crippen LogP contribution in [0.4, 0.5) is 0 Å². The molecule has 0 aromatic heterocycles. The molecule has 3 rings (SSSR count). The average Bonchev–Trinajstić information content (AvgIpc) is 2.80. The van der Waals surface area contributed by atoms with Crippen molar-refractivity contribution < 1.29 is 22.7 Å². The summed E-state index contributed by atoms with van der Waals surface area (Å²) in [6.45, 7) is 5.93. The zero-order valence-corrected chi connectivity index (χ0v) is 19.4. The number of sulfonamides is 1. The quantitative estimate of drug-likeness (QED) is 0.554. The van der Waals surface area contributed by atoms with E-state index in [1.807, 2.05) is 30.3 Å². The standard InChI is InChI=1S/C23H31N3O5S/c1-18-8-9-21(30-2)22(16-18)32(28,29)25-20(17-19-6-4-3-5-7-19)23(27)24-10-11-26-12-14-31-15-13-26/h3-9,16,20,25H,10-15,17H2,1-2H3,(H,24,27). The van der Waals surface area contributed by atoms with Crippen LogP contribution in [0.15, 0.2) is 53.4 Å². The van der Waals surface area contributed by atoms with Crippen LogP contribution in [-0.2, 0) is 26.0 Å². The third kappa shape index (κ3) is 6.77. The summed E-state index contributed by atoms with van der Waals surface area (Å²) >= 11 is 0. The van der Waals surface area contributed by atoms with Gasteiger partial charge >= 0.3 is 0 Å². The maximum absolute atomic E-state index is 13.2. The van der Waals surface area contributed by atoms with E-state index in [0.717, 1.165) is 24.2 Å². The highest BCUT2D eigenvalue weighted by Gasteiger charge is 2.28. The Hall–Kier alpha value is -2.46. The molecule has 0 saturated carbocycles. The van der Waals surface area contributed by atoms with Crippen LogP contribution < -0.4 is 14.8 Å². The Morgan fingerprint density at radius 3 is 2.56 bits per heavy atom. The second kappa shape index (κ2) is 11.4. The van der Waals surface area contributed by atoms with E-state index >= 15 is 0 Å². The van der Waals surface area contributed by atoms with Gasteiger partial charge in [-0.25, -0.2) is 8.42 Å². The lowest BCUT2D eigenvalue weighted by atomic mass is 10.1. The number of methoxy groups -OCH3 is 1. The topological polar surface area (TPSA) is 97.0 Å². The highest BCUT2D eigenvalue weighted by molar-refractivity contribution is 7.89. The molecule has 0 spiro atoms. The molecule has 1 aliphatic heterocycles. The predicted octanol–water partition coefficient (Wildman–Crippen LogP) is 1.34. The van der Waals surface area contributed by atoms with E-state index in [1.165, 1.54) is 13.2 Å². The number of morpholine rings is 1. The number of nitrogens with one attached hydrogen (secondary N) is 2. The SMILES string of the molecule is COc1ccc(C)cc1S(=O)(=O)NC(Cc1ccccc1)C(=O)NCCN1CCOCC1. The second-order valence-corrected chi connectivity index (χ2v) is 9.45. The smallest absolute Gasteiger partial charge is 0.244 e. The lowest BCUT2D eigenvalue weighted by Crippen LogP contribution is -2.50. The minimum Gasteiger partial charge on any atom is -0.495 e. The second-order valence-electron chi connectivity index (χ2n) is 7.76. The first kappa shape index (κ1) is 24.2. The summed E-state index contributed by atoms with van der Waals surface area (Å²) in [4.78, 5) is 15.2.